The largest absolute Gasteiger partial charge is 0.480 e. The molecule has 1 fully saturated rings. The Morgan fingerprint density at radius 3 is 2.59 bits per heavy atom. The van der Waals surface area contributed by atoms with E-state index in [1.165, 1.54) is 25.8 Å². The standard InChI is InChI=1S/C11H20N2O3S/c1-11(2,9(14)15)13(3)10(16)12-8-5-4-6-17-7-8/h8H,4-7H2,1-3H3,(H,12,16)(H,14,15). The Morgan fingerprint density at radius 2 is 2.12 bits per heavy atom. The highest BCUT2D eigenvalue weighted by atomic mass is 32.2. The Kier molecular flexibility index (Phi) is 4.68. The zero-order valence-electron chi connectivity index (χ0n) is 10.5. The molecular weight excluding hydrogens is 240 g/mol. The Labute approximate surface area is 106 Å². The molecule has 1 heterocycles. The highest BCUT2D eigenvalue weighted by Gasteiger charge is 2.35. The molecule has 1 aliphatic heterocycles. The van der Waals surface area contributed by atoms with E-state index in [2.05, 4.69) is 5.32 Å². The maximum atomic E-state index is 11.9. The van der Waals surface area contributed by atoms with Gasteiger partial charge in [-0.3, -0.25) is 0 Å². The normalized spacial score (nSPS) is 20.8. The molecular formula is C11H20N2O3S. The van der Waals surface area contributed by atoms with Crippen molar-refractivity contribution in [3.05, 3.63) is 0 Å². The zero-order valence-corrected chi connectivity index (χ0v) is 11.3. The van der Waals surface area contributed by atoms with Crippen molar-refractivity contribution >= 4 is 23.8 Å². The topological polar surface area (TPSA) is 69.6 Å². The molecule has 1 aliphatic rings. The third-order valence-corrected chi connectivity index (χ3v) is 4.37. The van der Waals surface area contributed by atoms with Gasteiger partial charge in [0.1, 0.15) is 5.54 Å². The zero-order chi connectivity index (χ0) is 13.1. The molecule has 1 rings (SSSR count). The number of aliphatic carboxylic acids is 1. The van der Waals surface area contributed by atoms with Gasteiger partial charge in [-0.1, -0.05) is 0 Å². The van der Waals surface area contributed by atoms with Crippen LogP contribution in [0.2, 0.25) is 0 Å². The number of nitrogens with zero attached hydrogens (tertiary/aromatic N) is 1. The first-order chi connectivity index (χ1) is 7.85. The SMILES string of the molecule is CN(C(=O)NC1CCCSC1)C(C)(C)C(=O)O. The van der Waals surface area contributed by atoms with E-state index in [-0.39, 0.29) is 12.1 Å². The molecule has 0 bridgehead atoms. The Balaban J connectivity index is 2.54. The van der Waals surface area contributed by atoms with Gasteiger partial charge < -0.3 is 15.3 Å². The number of rotatable bonds is 3. The van der Waals surface area contributed by atoms with Crippen molar-refractivity contribution in [2.75, 3.05) is 18.6 Å². The molecule has 0 saturated carbocycles. The van der Waals surface area contributed by atoms with Crippen LogP contribution >= 0.6 is 11.8 Å². The molecule has 2 N–H and O–H groups in total. The third-order valence-electron chi connectivity index (χ3n) is 3.15. The average Bonchev–Trinajstić information content (AvgIpc) is 2.29. The number of urea groups is 1. The number of thioether (sulfide) groups is 1. The summed E-state index contributed by atoms with van der Waals surface area (Å²) in [5.41, 5.74) is -1.19. The molecule has 5 nitrogen and oxygen atoms in total. The highest BCUT2D eigenvalue weighted by Crippen LogP contribution is 2.18. The first-order valence-electron chi connectivity index (χ1n) is 5.71. The average molecular weight is 260 g/mol. The minimum absolute atomic E-state index is 0.160. The van der Waals surface area contributed by atoms with E-state index in [4.69, 9.17) is 5.11 Å². The van der Waals surface area contributed by atoms with Gasteiger partial charge in [-0.2, -0.15) is 11.8 Å². The summed E-state index contributed by atoms with van der Waals surface area (Å²) < 4.78 is 0. The summed E-state index contributed by atoms with van der Waals surface area (Å²) in [5, 5.41) is 11.9. The lowest BCUT2D eigenvalue weighted by Crippen LogP contribution is -2.56. The number of amides is 2. The number of likely N-dealkylation sites (N-methyl/N-ethyl adjacent to an activating group) is 1. The molecule has 0 aromatic rings. The van der Waals surface area contributed by atoms with Gasteiger partial charge in [0, 0.05) is 18.8 Å². The minimum atomic E-state index is -1.19. The molecule has 1 saturated heterocycles. The van der Waals surface area contributed by atoms with Crippen molar-refractivity contribution in [2.45, 2.75) is 38.3 Å². The van der Waals surface area contributed by atoms with E-state index in [0.29, 0.717) is 0 Å². The molecule has 0 aromatic heterocycles. The predicted molar refractivity (Wildman–Crippen MR) is 68.4 cm³/mol. The molecule has 0 aromatic carbocycles. The summed E-state index contributed by atoms with van der Waals surface area (Å²) in [5.74, 6) is 1.05. The van der Waals surface area contributed by atoms with Crippen molar-refractivity contribution in [1.29, 1.82) is 0 Å². The second kappa shape index (κ2) is 5.62. The minimum Gasteiger partial charge on any atom is -0.480 e. The Bertz CT molecular complexity index is 301. The lowest BCUT2D eigenvalue weighted by molar-refractivity contribution is -0.146. The van der Waals surface area contributed by atoms with Crippen LogP contribution in [0.1, 0.15) is 26.7 Å². The summed E-state index contributed by atoms with van der Waals surface area (Å²) in [7, 11) is 1.51. The second-order valence-corrected chi connectivity index (χ2v) is 5.94. The van der Waals surface area contributed by atoms with Crippen LogP contribution in [0.3, 0.4) is 0 Å². The van der Waals surface area contributed by atoms with Crippen LogP contribution in [0.15, 0.2) is 0 Å². The first-order valence-corrected chi connectivity index (χ1v) is 6.86. The quantitative estimate of drug-likeness (QED) is 0.804. The molecule has 6 heteroatoms. The number of hydrogen-bond acceptors (Lipinski definition) is 3. The maximum Gasteiger partial charge on any atom is 0.329 e. The van der Waals surface area contributed by atoms with Crippen LogP contribution in [0, 0.1) is 0 Å². The second-order valence-electron chi connectivity index (χ2n) is 4.79. The van der Waals surface area contributed by atoms with Gasteiger partial charge in [0.15, 0.2) is 0 Å². The van der Waals surface area contributed by atoms with Gasteiger partial charge >= 0.3 is 12.0 Å². The monoisotopic (exact) mass is 260 g/mol. The van der Waals surface area contributed by atoms with Crippen molar-refractivity contribution in [2.24, 2.45) is 0 Å². The van der Waals surface area contributed by atoms with E-state index < -0.39 is 11.5 Å². The van der Waals surface area contributed by atoms with Gasteiger partial charge in [0.2, 0.25) is 0 Å². The van der Waals surface area contributed by atoms with Crippen LogP contribution in [-0.4, -0.2) is 52.1 Å². The fourth-order valence-corrected chi connectivity index (χ4v) is 2.60. The third kappa shape index (κ3) is 3.52. The summed E-state index contributed by atoms with van der Waals surface area (Å²) in [4.78, 5) is 24.2. The van der Waals surface area contributed by atoms with E-state index in [1.807, 2.05) is 11.8 Å². The van der Waals surface area contributed by atoms with E-state index in [0.717, 1.165) is 24.3 Å². The van der Waals surface area contributed by atoms with E-state index in [9.17, 15) is 9.59 Å². The van der Waals surface area contributed by atoms with Crippen LogP contribution in [0.25, 0.3) is 0 Å². The summed E-state index contributed by atoms with van der Waals surface area (Å²) in [6.07, 6.45) is 2.07. The molecule has 0 spiro atoms. The number of carbonyl (C=O) groups is 2. The molecule has 17 heavy (non-hydrogen) atoms. The molecule has 0 radical (unpaired) electrons. The summed E-state index contributed by atoms with van der Waals surface area (Å²) in [6, 6.07) is -0.154. The van der Waals surface area contributed by atoms with Crippen molar-refractivity contribution in [1.82, 2.24) is 10.2 Å². The number of nitrogens with one attached hydrogen (secondary N) is 1. The molecule has 98 valence electrons. The van der Waals surface area contributed by atoms with Crippen LogP contribution < -0.4 is 5.32 Å². The number of carboxylic acid groups (broad SMARTS) is 1. The highest BCUT2D eigenvalue weighted by molar-refractivity contribution is 7.99. The number of hydrogen-bond donors (Lipinski definition) is 2. The van der Waals surface area contributed by atoms with Crippen LogP contribution in [-0.2, 0) is 4.79 Å². The van der Waals surface area contributed by atoms with Gasteiger partial charge in [-0.15, -0.1) is 0 Å². The van der Waals surface area contributed by atoms with E-state index >= 15 is 0 Å². The van der Waals surface area contributed by atoms with Gasteiger partial charge in [-0.05, 0) is 32.4 Å². The van der Waals surface area contributed by atoms with Crippen molar-refractivity contribution in [3.63, 3.8) is 0 Å². The molecule has 1 atom stereocenters. The maximum absolute atomic E-state index is 11.9. The molecule has 1 unspecified atom stereocenters. The van der Waals surface area contributed by atoms with Crippen molar-refractivity contribution in [3.8, 4) is 0 Å². The molecule has 2 amide bonds. The first kappa shape index (κ1) is 14.2. The number of carboxylic acids is 1. The predicted octanol–water partition coefficient (Wildman–Crippen LogP) is 1.39. The summed E-state index contributed by atoms with van der Waals surface area (Å²) in [6.45, 7) is 3.04. The lowest BCUT2D eigenvalue weighted by Gasteiger charge is -2.33. The van der Waals surface area contributed by atoms with Gasteiger partial charge in [0.05, 0.1) is 0 Å². The fourth-order valence-electron chi connectivity index (χ4n) is 1.52. The van der Waals surface area contributed by atoms with E-state index in [1.54, 1.807) is 0 Å². The van der Waals surface area contributed by atoms with Gasteiger partial charge in [0.25, 0.3) is 0 Å². The lowest BCUT2D eigenvalue weighted by atomic mass is 10.0. The number of carbonyl (C=O) groups excluding carboxylic acids is 1. The molecule has 0 aliphatic carbocycles. The Morgan fingerprint density at radius 1 is 1.47 bits per heavy atom. The smallest absolute Gasteiger partial charge is 0.329 e. The Hall–Kier alpha value is -0.910. The van der Waals surface area contributed by atoms with Gasteiger partial charge in [-0.25, -0.2) is 9.59 Å². The van der Waals surface area contributed by atoms with Crippen LogP contribution in [0.4, 0.5) is 4.79 Å². The summed E-state index contributed by atoms with van der Waals surface area (Å²) >= 11 is 1.82. The van der Waals surface area contributed by atoms with Crippen molar-refractivity contribution < 1.29 is 14.7 Å². The fraction of sp³-hybridized carbons (Fsp3) is 0.818. The van der Waals surface area contributed by atoms with Crippen LogP contribution in [0.5, 0.6) is 0 Å².